The Morgan fingerprint density at radius 1 is 0.860 bits per heavy atom. The zero-order valence-corrected chi connectivity index (χ0v) is 26.4. The minimum Gasteiger partial charge on any atom is -0.349 e. The highest BCUT2D eigenvalue weighted by Crippen LogP contribution is 2.16. The van der Waals surface area contributed by atoms with Crippen molar-refractivity contribution in [3.63, 3.8) is 0 Å². The van der Waals surface area contributed by atoms with Crippen molar-refractivity contribution >= 4 is 5.91 Å². The second-order valence-electron chi connectivity index (χ2n) is 11.1. The molecule has 0 saturated carbocycles. The van der Waals surface area contributed by atoms with Crippen molar-refractivity contribution in [1.29, 1.82) is 0 Å². The Balaban J connectivity index is 0.00000316. The highest BCUT2D eigenvalue weighted by Gasteiger charge is 2.17. The number of nitrogens with zero attached hydrogens (tertiary/aromatic N) is 1. The summed E-state index contributed by atoms with van der Waals surface area (Å²) in [4.78, 5) is 15.9. The first-order valence-electron chi connectivity index (χ1n) is 15.5. The van der Waals surface area contributed by atoms with E-state index in [9.17, 15) is 13.6 Å². The number of carbonyl (C=O) groups excluding carboxylic acids is 1. The van der Waals surface area contributed by atoms with Crippen LogP contribution in [0.3, 0.4) is 0 Å². The molecule has 0 saturated heterocycles. The molecule has 0 heterocycles. The maximum Gasteiger partial charge on any atom is 0.251 e. The van der Waals surface area contributed by atoms with Crippen LogP contribution in [0, 0.1) is 31.4 Å². The summed E-state index contributed by atoms with van der Waals surface area (Å²) in [7, 11) is 0. The Labute approximate surface area is 258 Å². The van der Waals surface area contributed by atoms with E-state index in [0.717, 1.165) is 75.6 Å². The smallest absolute Gasteiger partial charge is 0.251 e. The number of halogens is 2. The van der Waals surface area contributed by atoms with Crippen molar-refractivity contribution in [2.24, 2.45) is 0 Å². The molecular formula is C37H49F2N3O. The number of amides is 1. The van der Waals surface area contributed by atoms with Gasteiger partial charge in [-0.2, -0.15) is 0 Å². The predicted octanol–water partition coefficient (Wildman–Crippen LogP) is 7.62. The molecule has 1 atom stereocenters. The number of nitrogens with one attached hydrogen (secondary N) is 2. The van der Waals surface area contributed by atoms with Gasteiger partial charge < -0.3 is 10.6 Å². The Morgan fingerprint density at radius 3 is 2.19 bits per heavy atom. The third-order valence-corrected chi connectivity index (χ3v) is 7.26. The maximum atomic E-state index is 13.9. The Morgan fingerprint density at radius 2 is 1.53 bits per heavy atom. The van der Waals surface area contributed by atoms with Crippen molar-refractivity contribution in [3.05, 3.63) is 106 Å². The van der Waals surface area contributed by atoms with Crippen molar-refractivity contribution < 1.29 is 13.6 Å². The molecule has 0 aliphatic rings. The number of hydrogen-bond acceptors (Lipinski definition) is 3. The lowest BCUT2D eigenvalue weighted by Crippen LogP contribution is -2.37. The highest BCUT2D eigenvalue weighted by atomic mass is 19.1. The van der Waals surface area contributed by atoms with Crippen LogP contribution >= 0.6 is 0 Å². The normalized spacial score (nSPS) is 11.6. The summed E-state index contributed by atoms with van der Waals surface area (Å²) in [5, 5.41) is 6.67. The SMILES string of the molecule is C#C.CCCN(CCC)Cc1cc(C)cc(C(=O)N[C@H](CCCNCc2cccc(CC)c2)Cc2cc(F)cc(F)c2)c1. The van der Waals surface area contributed by atoms with Crippen LogP contribution in [0.2, 0.25) is 0 Å². The topological polar surface area (TPSA) is 44.4 Å². The molecule has 3 aromatic rings. The summed E-state index contributed by atoms with van der Waals surface area (Å²) in [6.45, 7) is 12.9. The number of hydrogen-bond donors (Lipinski definition) is 2. The van der Waals surface area contributed by atoms with Gasteiger partial charge in [-0.1, -0.05) is 56.7 Å². The van der Waals surface area contributed by atoms with Crippen LogP contribution in [-0.4, -0.2) is 36.5 Å². The van der Waals surface area contributed by atoms with E-state index in [4.69, 9.17) is 0 Å². The summed E-state index contributed by atoms with van der Waals surface area (Å²) >= 11 is 0. The molecule has 232 valence electrons. The van der Waals surface area contributed by atoms with Crippen LogP contribution in [0.4, 0.5) is 8.78 Å². The standard InChI is InChI=1S/C35H47F2N3O.C2H2/c1-5-14-40(15-6-2)25-30-16-26(4)17-31(19-30)35(41)39-34(22-29-20-32(36)23-33(37)21-29)12-9-13-38-24-28-11-8-10-27(7-3)18-28;1-2/h8,10-11,16-21,23,34,38H,5-7,9,12-15,22,24-25H2,1-4H3,(H,39,41);1-2H/t34-;/m1./s1. The maximum absolute atomic E-state index is 13.9. The van der Waals surface area contributed by atoms with E-state index >= 15 is 0 Å². The van der Waals surface area contributed by atoms with Crippen LogP contribution in [-0.2, 0) is 25.9 Å². The molecule has 6 heteroatoms. The molecule has 0 unspecified atom stereocenters. The van der Waals surface area contributed by atoms with Gasteiger partial charge in [-0.25, -0.2) is 8.78 Å². The first-order chi connectivity index (χ1) is 20.8. The second kappa shape index (κ2) is 19.6. The highest BCUT2D eigenvalue weighted by molar-refractivity contribution is 5.94. The fraction of sp³-hybridized carbons (Fsp3) is 0.432. The molecule has 43 heavy (non-hydrogen) atoms. The third kappa shape index (κ3) is 13.1. The van der Waals surface area contributed by atoms with Crippen LogP contribution in [0.25, 0.3) is 0 Å². The lowest BCUT2D eigenvalue weighted by molar-refractivity contribution is 0.0934. The van der Waals surface area contributed by atoms with Crippen LogP contribution < -0.4 is 10.6 Å². The molecule has 3 aromatic carbocycles. The van der Waals surface area contributed by atoms with Gasteiger partial charge in [-0.05, 0) is 112 Å². The molecule has 0 fully saturated rings. The number of benzene rings is 3. The first-order valence-corrected chi connectivity index (χ1v) is 15.5. The summed E-state index contributed by atoms with van der Waals surface area (Å²) in [6.07, 6.45) is 13.0. The van der Waals surface area contributed by atoms with Gasteiger partial charge in [-0.3, -0.25) is 9.69 Å². The van der Waals surface area contributed by atoms with Crippen molar-refractivity contribution in [2.45, 2.75) is 85.4 Å². The third-order valence-electron chi connectivity index (χ3n) is 7.26. The van der Waals surface area contributed by atoms with E-state index in [1.165, 1.54) is 23.3 Å². The monoisotopic (exact) mass is 589 g/mol. The summed E-state index contributed by atoms with van der Waals surface area (Å²) in [5.41, 5.74) is 5.89. The fourth-order valence-corrected chi connectivity index (χ4v) is 5.42. The summed E-state index contributed by atoms with van der Waals surface area (Å²) < 4.78 is 27.9. The summed E-state index contributed by atoms with van der Waals surface area (Å²) in [5.74, 6) is -1.36. The molecule has 2 N–H and O–H groups in total. The quantitative estimate of drug-likeness (QED) is 0.126. The minimum atomic E-state index is -0.604. The Hall–Kier alpha value is -3.53. The van der Waals surface area contributed by atoms with Gasteiger partial charge in [0, 0.05) is 30.8 Å². The number of carbonyl (C=O) groups is 1. The van der Waals surface area contributed by atoms with Crippen molar-refractivity contribution in [3.8, 4) is 12.8 Å². The van der Waals surface area contributed by atoms with Gasteiger partial charge in [0.1, 0.15) is 11.6 Å². The van der Waals surface area contributed by atoms with E-state index in [1.807, 2.05) is 19.1 Å². The molecule has 4 nitrogen and oxygen atoms in total. The molecule has 0 spiro atoms. The molecule has 3 rings (SSSR count). The Bertz CT molecular complexity index is 1260. The molecular weight excluding hydrogens is 540 g/mol. The predicted molar refractivity (Wildman–Crippen MR) is 175 cm³/mol. The van der Waals surface area contributed by atoms with E-state index in [0.29, 0.717) is 24.0 Å². The molecule has 1 amide bonds. The van der Waals surface area contributed by atoms with E-state index < -0.39 is 11.6 Å². The van der Waals surface area contributed by atoms with E-state index in [1.54, 1.807) is 0 Å². The van der Waals surface area contributed by atoms with E-state index in [-0.39, 0.29) is 11.9 Å². The van der Waals surface area contributed by atoms with Crippen LogP contribution in [0.5, 0.6) is 0 Å². The zero-order chi connectivity index (χ0) is 31.6. The summed E-state index contributed by atoms with van der Waals surface area (Å²) in [6, 6.07) is 17.9. The van der Waals surface area contributed by atoms with Gasteiger partial charge in [-0.15, -0.1) is 12.8 Å². The van der Waals surface area contributed by atoms with Gasteiger partial charge >= 0.3 is 0 Å². The average Bonchev–Trinajstić information content (AvgIpc) is 2.97. The largest absolute Gasteiger partial charge is 0.349 e. The van der Waals surface area contributed by atoms with Gasteiger partial charge in [0.25, 0.3) is 5.91 Å². The van der Waals surface area contributed by atoms with Crippen LogP contribution in [0.1, 0.15) is 84.6 Å². The lowest BCUT2D eigenvalue weighted by atomic mass is 10.00. The van der Waals surface area contributed by atoms with Gasteiger partial charge in [0.15, 0.2) is 0 Å². The van der Waals surface area contributed by atoms with Crippen LogP contribution in [0.15, 0.2) is 60.7 Å². The van der Waals surface area contributed by atoms with E-state index in [2.05, 4.69) is 79.5 Å². The zero-order valence-electron chi connectivity index (χ0n) is 26.4. The lowest BCUT2D eigenvalue weighted by Gasteiger charge is -2.22. The molecule has 0 bridgehead atoms. The van der Waals surface area contributed by atoms with Crippen molar-refractivity contribution in [2.75, 3.05) is 19.6 Å². The second-order valence-corrected chi connectivity index (χ2v) is 11.1. The van der Waals surface area contributed by atoms with Crippen molar-refractivity contribution in [1.82, 2.24) is 15.5 Å². The molecule has 0 aromatic heterocycles. The number of rotatable bonds is 17. The molecule has 0 aliphatic carbocycles. The molecule has 0 radical (unpaired) electrons. The number of aryl methyl sites for hydroxylation is 2. The fourth-order valence-electron chi connectivity index (χ4n) is 5.42. The minimum absolute atomic E-state index is 0.154. The first kappa shape index (κ1) is 35.7. The van der Waals surface area contributed by atoms with Gasteiger partial charge in [0.2, 0.25) is 0 Å². The molecule has 0 aliphatic heterocycles. The average molecular weight is 590 g/mol. The number of terminal acetylenes is 1. The van der Waals surface area contributed by atoms with Gasteiger partial charge in [0.05, 0.1) is 0 Å². The Kier molecular flexibility index (Phi) is 16.3.